The zero-order chi connectivity index (χ0) is 14.2. The van der Waals surface area contributed by atoms with E-state index in [0.29, 0.717) is 21.5 Å². The number of likely N-dealkylation sites (N-methyl/N-ethyl adjacent to an activating group) is 1. The van der Waals surface area contributed by atoms with Gasteiger partial charge in [-0.05, 0) is 58.4 Å². The second kappa shape index (κ2) is 5.56. The molecule has 4 nitrogen and oxygen atoms in total. The van der Waals surface area contributed by atoms with Gasteiger partial charge in [0.05, 0.1) is 14.4 Å². The van der Waals surface area contributed by atoms with Gasteiger partial charge in [0.2, 0.25) is 0 Å². The van der Waals surface area contributed by atoms with Crippen LogP contribution in [0.1, 0.15) is 12.5 Å². The number of aromatic hydroxyl groups is 1. The summed E-state index contributed by atoms with van der Waals surface area (Å²) in [7, 11) is 0. The van der Waals surface area contributed by atoms with Crippen LogP contribution in [0.3, 0.4) is 0 Å². The molecule has 0 unspecified atom stereocenters. The first kappa shape index (κ1) is 14.4. The summed E-state index contributed by atoms with van der Waals surface area (Å²) in [6.45, 7) is 2.09. The van der Waals surface area contributed by atoms with E-state index < -0.39 is 0 Å². The van der Waals surface area contributed by atoms with Crippen molar-refractivity contribution in [3.8, 4) is 5.75 Å². The Morgan fingerprint density at radius 2 is 2.16 bits per heavy atom. The number of phenols is 1. The van der Waals surface area contributed by atoms with Crippen molar-refractivity contribution in [2.45, 2.75) is 6.92 Å². The molecular formula is C12H9BrClNO3S. The molecule has 0 bridgehead atoms. The molecule has 1 aliphatic heterocycles. The monoisotopic (exact) mass is 361 g/mol. The van der Waals surface area contributed by atoms with Crippen molar-refractivity contribution in [1.29, 1.82) is 0 Å². The van der Waals surface area contributed by atoms with Crippen LogP contribution < -0.4 is 0 Å². The van der Waals surface area contributed by atoms with E-state index in [2.05, 4.69) is 15.9 Å². The van der Waals surface area contributed by atoms with Crippen LogP contribution in [-0.4, -0.2) is 27.7 Å². The van der Waals surface area contributed by atoms with Gasteiger partial charge in [0.25, 0.3) is 11.1 Å². The molecule has 0 saturated carbocycles. The number of benzene rings is 1. The number of hydrogen-bond donors (Lipinski definition) is 1. The van der Waals surface area contributed by atoms with Gasteiger partial charge in [-0.15, -0.1) is 0 Å². The number of halogens is 2. The first-order valence-corrected chi connectivity index (χ1v) is 7.36. The molecule has 19 heavy (non-hydrogen) atoms. The van der Waals surface area contributed by atoms with Crippen LogP contribution in [0.5, 0.6) is 5.75 Å². The number of nitrogens with zero attached hydrogens (tertiary/aromatic N) is 1. The summed E-state index contributed by atoms with van der Waals surface area (Å²) >= 11 is 9.91. The standard InChI is InChI=1S/C12H9BrClNO3S/c1-2-15-11(17)9(19-12(15)18)5-6-3-7(13)10(16)8(14)4-6/h3-5,16H,2H2,1H3. The predicted octanol–water partition coefficient (Wildman–Crippen LogP) is 3.86. The Hall–Kier alpha value is -0.980. The summed E-state index contributed by atoms with van der Waals surface area (Å²) < 4.78 is 0.431. The Balaban J connectivity index is 2.38. The van der Waals surface area contributed by atoms with Gasteiger partial charge in [-0.3, -0.25) is 14.5 Å². The fourth-order valence-corrected chi connectivity index (χ4v) is 3.32. The highest BCUT2D eigenvalue weighted by molar-refractivity contribution is 9.10. The minimum Gasteiger partial charge on any atom is -0.505 e. The van der Waals surface area contributed by atoms with E-state index in [1.807, 2.05) is 0 Å². The summed E-state index contributed by atoms with van der Waals surface area (Å²) in [6, 6.07) is 3.16. The van der Waals surface area contributed by atoms with E-state index in [0.717, 1.165) is 11.8 Å². The lowest BCUT2D eigenvalue weighted by atomic mass is 10.2. The molecule has 0 aromatic heterocycles. The lowest BCUT2D eigenvalue weighted by Gasteiger charge is -2.07. The zero-order valence-corrected chi connectivity index (χ0v) is 13.0. The van der Waals surface area contributed by atoms with Crippen molar-refractivity contribution in [2.75, 3.05) is 6.54 Å². The molecule has 100 valence electrons. The van der Waals surface area contributed by atoms with Gasteiger partial charge in [-0.2, -0.15) is 0 Å². The number of amides is 2. The number of carbonyl (C=O) groups excluding carboxylic acids is 2. The fraction of sp³-hybridized carbons (Fsp3) is 0.167. The minimum absolute atomic E-state index is 0.0551. The molecular weight excluding hydrogens is 354 g/mol. The molecule has 0 spiro atoms. The summed E-state index contributed by atoms with van der Waals surface area (Å²) in [4.78, 5) is 25.0. The Morgan fingerprint density at radius 3 is 2.68 bits per heavy atom. The average Bonchev–Trinajstić information content (AvgIpc) is 2.61. The first-order chi connectivity index (χ1) is 8.93. The van der Waals surface area contributed by atoms with Crippen molar-refractivity contribution >= 4 is 56.5 Å². The van der Waals surface area contributed by atoms with Gasteiger partial charge in [-0.1, -0.05) is 11.6 Å². The Labute approximate surface area is 127 Å². The smallest absolute Gasteiger partial charge is 0.293 e. The summed E-state index contributed by atoms with van der Waals surface area (Å²) in [5, 5.41) is 9.43. The fourth-order valence-electron chi connectivity index (χ4n) is 1.59. The van der Waals surface area contributed by atoms with E-state index in [-0.39, 0.29) is 21.9 Å². The quantitative estimate of drug-likeness (QED) is 0.812. The van der Waals surface area contributed by atoms with E-state index >= 15 is 0 Å². The summed E-state index contributed by atoms with van der Waals surface area (Å²) in [5.74, 6) is -0.363. The number of rotatable bonds is 2. The second-order valence-corrected chi connectivity index (χ2v) is 6.01. The first-order valence-electron chi connectivity index (χ1n) is 5.37. The molecule has 1 saturated heterocycles. The van der Waals surface area contributed by atoms with Gasteiger partial charge < -0.3 is 5.11 Å². The lowest BCUT2D eigenvalue weighted by molar-refractivity contribution is -0.122. The highest BCUT2D eigenvalue weighted by Crippen LogP contribution is 2.36. The largest absolute Gasteiger partial charge is 0.505 e. The van der Waals surface area contributed by atoms with E-state index in [9.17, 15) is 14.7 Å². The molecule has 2 rings (SSSR count). The second-order valence-electron chi connectivity index (χ2n) is 3.76. The third-order valence-corrected chi connectivity index (χ3v) is 4.33. The van der Waals surface area contributed by atoms with Crippen molar-refractivity contribution in [3.05, 3.63) is 32.1 Å². The maximum absolute atomic E-state index is 11.9. The molecule has 1 aliphatic rings. The number of hydrogen-bond acceptors (Lipinski definition) is 4. The van der Waals surface area contributed by atoms with Crippen LogP contribution >= 0.6 is 39.3 Å². The van der Waals surface area contributed by atoms with Crippen LogP contribution in [0.4, 0.5) is 4.79 Å². The van der Waals surface area contributed by atoms with Gasteiger partial charge >= 0.3 is 0 Å². The Morgan fingerprint density at radius 1 is 1.47 bits per heavy atom. The maximum atomic E-state index is 11.9. The van der Waals surface area contributed by atoms with E-state index in [1.54, 1.807) is 19.1 Å². The topological polar surface area (TPSA) is 57.6 Å². The average molecular weight is 363 g/mol. The Kier molecular flexibility index (Phi) is 4.23. The number of thioether (sulfide) groups is 1. The molecule has 1 heterocycles. The van der Waals surface area contributed by atoms with Crippen LogP contribution in [0, 0.1) is 0 Å². The molecule has 0 atom stereocenters. The molecule has 7 heteroatoms. The van der Waals surface area contributed by atoms with Crippen LogP contribution in [0.15, 0.2) is 21.5 Å². The van der Waals surface area contributed by atoms with Gasteiger partial charge in [0.15, 0.2) is 0 Å². The van der Waals surface area contributed by atoms with Crippen molar-refractivity contribution in [2.24, 2.45) is 0 Å². The van der Waals surface area contributed by atoms with Crippen molar-refractivity contribution < 1.29 is 14.7 Å². The third-order valence-electron chi connectivity index (χ3n) is 2.53. The third kappa shape index (κ3) is 2.80. The summed E-state index contributed by atoms with van der Waals surface area (Å²) in [6.07, 6.45) is 1.58. The lowest BCUT2D eigenvalue weighted by Crippen LogP contribution is -2.27. The van der Waals surface area contributed by atoms with Gasteiger partial charge in [0, 0.05) is 6.54 Å². The molecule has 0 aliphatic carbocycles. The molecule has 1 fully saturated rings. The van der Waals surface area contributed by atoms with Crippen molar-refractivity contribution in [3.63, 3.8) is 0 Å². The minimum atomic E-state index is -0.308. The molecule has 1 aromatic carbocycles. The molecule has 1 N–H and O–H groups in total. The highest BCUT2D eigenvalue weighted by atomic mass is 79.9. The number of carbonyl (C=O) groups is 2. The van der Waals surface area contributed by atoms with Gasteiger partial charge in [-0.25, -0.2) is 0 Å². The molecule has 0 radical (unpaired) electrons. The van der Waals surface area contributed by atoms with E-state index in [4.69, 9.17) is 11.6 Å². The van der Waals surface area contributed by atoms with Crippen LogP contribution in [-0.2, 0) is 4.79 Å². The van der Waals surface area contributed by atoms with Gasteiger partial charge in [0.1, 0.15) is 5.75 Å². The zero-order valence-electron chi connectivity index (χ0n) is 9.81. The van der Waals surface area contributed by atoms with E-state index in [1.165, 1.54) is 11.0 Å². The van der Waals surface area contributed by atoms with Crippen LogP contribution in [0.25, 0.3) is 6.08 Å². The number of imide groups is 1. The SMILES string of the molecule is CCN1C(=O)SC(=Cc2cc(Cl)c(O)c(Br)c2)C1=O. The molecule has 1 aromatic rings. The highest BCUT2D eigenvalue weighted by Gasteiger charge is 2.33. The predicted molar refractivity (Wildman–Crippen MR) is 79.2 cm³/mol. The maximum Gasteiger partial charge on any atom is 0.293 e. The normalized spacial score (nSPS) is 17.6. The Bertz CT molecular complexity index is 580. The van der Waals surface area contributed by atoms with Crippen LogP contribution in [0.2, 0.25) is 5.02 Å². The van der Waals surface area contributed by atoms with Crippen molar-refractivity contribution in [1.82, 2.24) is 4.90 Å². The number of phenolic OH excluding ortho intramolecular Hbond substituents is 1. The summed E-state index contributed by atoms with van der Waals surface area (Å²) in [5.41, 5.74) is 0.635. The molecule has 2 amide bonds.